The van der Waals surface area contributed by atoms with E-state index >= 15 is 0 Å². The molecule has 0 aliphatic carbocycles. The van der Waals surface area contributed by atoms with E-state index in [1.54, 1.807) is 7.11 Å². The zero-order chi connectivity index (χ0) is 21.6. The number of hydrogen-bond acceptors (Lipinski definition) is 12. The Labute approximate surface area is 177 Å². The number of hydrogen-bond donors (Lipinski definition) is 1. The third kappa shape index (κ3) is 20.6. The first kappa shape index (κ1) is 30.8. The molecule has 0 spiro atoms. The highest BCUT2D eigenvalue weighted by atomic mass is 32.7. The molecule has 0 aromatic rings. The van der Waals surface area contributed by atoms with Crippen LogP contribution in [0.15, 0.2) is 0 Å². The molecule has 4 atom stereocenters. The Morgan fingerprint density at radius 3 is 2.00 bits per heavy atom. The minimum absolute atomic E-state index is 0.120. The van der Waals surface area contributed by atoms with Gasteiger partial charge >= 0.3 is 0 Å². The molecule has 0 aromatic carbocycles. The maximum Gasteiger partial charge on any atom is 0.115 e. The molecule has 15 heteroatoms. The van der Waals surface area contributed by atoms with E-state index in [-0.39, 0.29) is 25.2 Å². The monoisotopic (exact) mass is 505 g/mol. The molecule has 0 fully saturated rings. The minimum atomic E-state index is -3.19. The van der Waals surface area contributed by atoms with Crippen molar-refractivity contribution in [2.45, 2.75) is 25.4 Å². The van der Waals surface area contributed by atoms with Crippen LogP contribution in [0.3, 0.4) is 0 Å². The van der Waals surface area contributed by atoms with Crippen molar-refractivity contribution in [1.82, 2.24) is 0 Å². The Hall–Kier alpha value is 1.56. The van der Waals surface area contributed by atoms with Crippen molar-refractivity contribution in [2.75, 3.05) is 54.0 Å². The second-order valence-corrected chi connectivity index (χ2v) is 15.3. The average molecular weight is 505 g/mol. The van der Waals surface area contributed by atoms with Gasteiger partial charge in [0.2, 0.25) is 0 Å². The van der Waals surface area contributed by atoms with Gasteiger partial charge in [0.05, 0.1) is 19.3 Å². The number of aliphatic hydroxyl groups is 1. The van der Waals surface area contributed by atoms with E-state index in [1.165, 1.54) is 21.3 Å². The van der Waals surface area contributed by atoms with Crippen LogP contribution in [0.5, 0.6) is 0 Å². The highest BCUT2D eigenvalue weighted by molar-refractivity contribution is 8.34. The van der Waals surface area contributed by atoms with Crippen LogP contribution in [-0.4, -0.2) is 65.2 Å². The van der Waals surface area contributed by atoms with Crippen LogP contribution in [-0.2, 0) is 63.3 Å². The maximum atomic E-state index is 11.3. The van der Waals surface area contributed by atoms with Crippen LogP contribution >= 0.6 is 19.8 Å². The van der Waals surface area contributed by atoms with Gasteiger partial charge in [-0.15, -0.1) is 0 Å². The molecule has 1 N–H and O–H groups in total. The lowest BCUT2D eigenvalue weighted by molar-refractivity contribution is -0.204. The lowest BCUT2D eigenvalue weighted by atomic mass is 10.2. The molecule has 0 bridgehead atoms. The van der Waals surface area contributed by atoms with Crippen LogP contribution in [0, 0.1) is 0 Å². The number of methoxy groups -OCH3 is 1. The lowest BCUT2D eigenvalue weighted by Gasteiger charge is -2.27. The van der Waals surface area contributed by atoms with Crippen molar-refractivity contribution < 1.29 is 42.3 Å². The van der Waals surface area contributed by atoms with E-state index < -0.39 is 25.9 Å². The van der Waals surface area contributed by atoms with Gasteiger partial charge in [-0.05, 0) is 31.9 Å². The normalized spacial score (nSPS) is 19.1. The van der Waals surface area contributed by atoms with Gasteiger partial charge in [0.1, 0.15) is 6.72 Å². The molecule has 4 unspecified atom stereocenters. The first-order valence-corrected chi connectivity index (χ1v) is 15.9. The maximum absolute atomic E-state index is 11.3. The highest BCUT2D eigenvalue weighted by Gasteiger charge is 2.11. The van der Waals surface area contributed by atoms with Crippen LogP contribution in [0.4, 0.5) is 0 Å². The van der Waals surface area contributed by atoms with E-state index in [0.717, 1.165) is 0 Å². The van der Waals surface area contributed by atoms with Crippen molar-refractivity contribution in [2.24, 2.45) is 0 Å². The van der Waals surface area contributed by atoms with Crippen LogP contribution < -0.4 is 9.79 Å². The van der Waals surface area contributed by atoms with Crippen molar-refractivity contribution in [3.05, 3.63) is 0 Å². The Balaban J connectivity index is 0. The molecule has 27 heavy (non-hydrogen) atoms. The van der Waals surface area contributed by atoms with Gasteiger partial charge in [-0.25, -0.2) is 0 Å². The van der Waals surface area contributed by atoms with E-state index in [4.69, 9.17) is 9.26 Å². The van der Waals surface area contributed by atoms with E-state index in [9.17, 15) is 19.5 Å². The standard InChI is InChI=1S/C7H18O5P2S2.C5H13O4PS/c1-11-13(9,15)5-3-7(8)4-6-14(10,16)12-2;1-7-4-3-5-9-10(6,11)8-2/h7-8H,3-6H2,1-2H3,(H,9,15)(H,10,16);3-5H2,1-2H3,(H,6,11)/p-3. The van der Waals surface area contributed by atoms with Crippen molar-refractivity contribution >= 4 is 55.6 Å². The van der Waals surface area contributed by atoms with Crippen molar-refractivity contribution in [3.63, 3.8) is 0 Å². The smallest absolute Gasteiger partial charge is 0.115 e. The molecular weight excluding hydrogens is 477 g/mol. The summed E-state index contributed by atoms with van der Waals surface area (Å²) in [6.45, 7) is -8.31. The first-order valence-electron chi connectivity index (χ1n) is 7.74. The SMILES string of the molecule is COCCCOP([O-])(=S)OC.COP(=O)([S-])CCC(O)CCP([O-])(=S)OC. The third-order valence-corrected chi connectivity index (χ3v) is 9.42. The summed E-state index contributed by atoms with van der Waals surface area (Å²) in [6.07, 6.45) is 0.656. The number of rotatable bonds is 14. The van der Waals surface area contributed by atoms with Gasteiger partial charge in [0, 0.05) is 41.2 Å². The molecule has 0 aliphatic rings. The van der Waals surface area contributed by atoms with Gasteiger partial charge in [0.15, 0.2) is 0 Å². The summed E-state index contributed by atoms with van der Waals surface area (Å²) < 4.78 is 34.5. The van der Waals surface area contributed by atoms with Crippen LogP contribution in [0.2, 0.25) is 0 Å². The van der Waals surface area contributed by atoms with Crippen molar-refractivity contribution in [1.29, 1.82) is 0 Å². The molecular formula is C12H28O9P3S3-3. The van der Waals surface area contributed by atoms with Crippen LogP contribution in [0.1, 0.15) is 19.3 Å². The molecule has 0 heterocycles. The van der Waals surface area contributed by atoms with Gasteiger partial charge < -0.3 is 54.5 Å². The zero-order valence-corrected chi connectivity index (χ0v) is 20.9. The zero-order valence-electron chi connectivity index (χ0n) is 15.8. The predicted molar refractivity (Wildman–Crippen MR) is 112 cm³/mol. The van der Waals surface area contributed by atoms with Crippen molar-refractivity contribution in [3.8, 4) is 0 Å². The Kier molecular flexibility index (Phi) is 18.5. The van der Waals surface area contributed by atoms with E-state index in [2.05, 4.69) is 49.4 Å². The van der Waals surface area contributed by atoms with Crippen LogP contribution in [0.25, 0.3) is 0 Å². The molecule has 9 nitrogen and oxygen atoms in total. The molecule has 0 radical (unpaired) electrons. The highest BCUT2D eigenvalue weighted by Crippen LogP contribution is 2.44. The van der Waals surface area contributed by atoms with Gasteiger partial charge in [-0.3, -0.25) is 0 Å². The fourth-order valence-electron chi connectivity index (χ4n) is 1.37. The summed E-state index contributed by atoms with van der Waals surface area (Å²) in [5.74, 6) is 0. The largest absolute Gasteiger partial charge is 0.801 e. The van der Waals surface area contributed by atoms with E-state index in [1.807, 2.05) is 0 Å². The minimum Gasteiger partial charge on any atom is -0.801 e. The fourth-order valence-corrected chi connectivity index (χ4v) is 4.28. The summed E-state index contributed by atoms with van der Waals surface area (Å²) in [5, 5.41) is 9.52. The Morgan fingerprint density at radius 1 is 1.00 bits per heavy atom. The average Bonchev–Trinajstić information content (AvgIpc) is 2.62. The second-order valence-electron chi connectivity index (χ2n) is 5.07. The lowest BCUT2D eigenvalue weighted by Crippen LogP contribution is -2.15. The molecule has 166 valence electrons. The summed E-state index contributed by atoms with van der Waals surface area (Å²) in [5.41, 5.74) is 0. The quantitative estimate of drug-likeness (QED) is 0.206. The summed E-state index contributed by atoms with van der Waals surface area (Å²) in [6, 6.07) is 0. The van der Waals surface area contributed by atoms with Gasteiger partial charge in [-0.1, -0.05) is 23.6 Å². The summed E-state index contributed by atoms with van der Waals surface area (Å²) in [4.78, 5) is 22.2. The molecule has 0 aliphatic heterocycles. The Morgan fingerprint density at radius 2 is 1.56 bits per heavy atom. The topological polar surface area (TPSA) is 130 Å². The molecule has 0 saturated carbocycles. The second kappa shape index (κ2) is 16.3. The molecule has 0 amide bonds. The summed E-state index contributed by atoms with van der Waals surface area (Å²) in [7, 11) is 5.42. The number of aliphatic hydroxyl groups excluding tert-OH is 1. The van der Waals surface area contributed by atoms with Gasteiger partial charge in [-0.2, -0.15) is 0 Å². The molecule has 0 aromatic heterocycles. The molecule has 0 saturated heterocycles. The van der Waals surface area contributed by atoms with Gasteiger partial charge in [0.25, 0.3) is 0 Å². The summed E-state index contributed by atoms with van der Waals surface area (Å²) >= 11 is 13.8. The number of ether oxygens (including phenoxy) is 1. The fraction of sp³-hybridized carbons (Fsp3) is 1.00. The van der Waals surface area contributed by atoms with E-state index in [0.29, 0.717) is 19.6 Å². The molecule has 0 rings (SSSR count). The Bertz CT molecular complexity index is 496. The third-order valence-electron chi connectivity index (χ3n) is 2.99. The predicted octanol–water partition coefficient (Wildman–Crippen LogP) is 1.10. The first-order chi connectivity index (χ1) is 12.3.